The lowest BCUT2D eigenvalue weighted by molar-refractivity contribution is -0.122. The van der Waals surface area contributed by atoms with Gasteiger partial charge in [-0.1, -0.05) is 6.07 Å². The highest BCUT2D eigenvalue weighted by molar-refractivity contribution is 5.79. The van der Waals surface area contributed by atoms with Crippen LogP contribution in [0.4, 0.5) is 4.39 Å². The fourth-order valence-corrected chi connectivity index (χ4v) is 1.97. The van der Waals surface area contributed by atoms with Gasteiger partial charge in [0.25, 0.3) is 0 Å². The first kappa shape index (κ1) is 11.1. The second-order valence-corrected chi connectivity index (χ2v) is 4.31. The molecule has 0 bridgehead atoms. The summed E-state index contributed by atoms with van der Waals surface area (Å²) in [6.45, 7) is 1.89. The van der Waals surface area contributed by atoms with E-state index in [4.69, 9.17) is 4.74 Å². The molecule has 0 heterocycles. The zero-order valence-electron chi connectivity index (χ0n) is 9.33. The van der Waals surface area contributed by atoms with Gasteiger partial charge in [-0.2, -0.15) is 0 Å². The highest BCUT2D eigenvalue weighted by Gasteiger charge is 2.21. The molecule has 1 aromatic carbocycles. The molecule has 2 nitrogen and oxygen atoms in total. The van der Waals surface area contributed by atoms with Gasteiger partial charge in [-0.05, 0) is 37.5 Å². The number of aryl methyl sites for hydroxylation is 1. The fourth-order valence-electron chi connectivity index (χ4n) is 1.97. The molecule has 0 N–H and O–H groups in total. The predicted octanol–water partition coefficient (Wildman–Crippen LogP) is 3.02. The van der Waals surface area contributed by atoms with Gasteiger partial charge in [0.1, 0.15) is 11.9 Å². The summed E-state index contributed by atoms with van der Waals surface area (Å²) in [5, 5.41) is 0. The summed E-state index contributed by atoms with van der Waals surface area (Å²) >= 11 is 0. The molecule has 0 spiro atoms. The number of carbonyl (C=O) groups is 1. The first-order chi connectivity index (χ1) is 7.65. The van der Waals surface area contributed by atoms with E-state index in [-0.39, 0.29) is 23.5 Å². The van der Waals surface area contributed by atoms with Crippen LogP contribution in [-0.4, -0.2) is 11.9 Å². The van der Waals surface area contributed by atoms with Gasteiger partial charge in [0.15, 0.2) is 11.6 Å². The summed E-state index contributed by atoms with van der Waals surface area (Å²) in [6, 6.07) is 4.78. The van der Waals surface area contributed by atoms with E-state index in [1.54, 1.807) is 12.1 Å². The van der Waals surface area contributed by atoms with Crippen molar-refractivity contribution in [3.05, 3.63) is 29.6 Å². The number of ketones is 1. The molecule has 1 unspecified atom stereocenters. The molecule has 1 aromatic rings. The molecule has 1 aliphatic carbocycles. The van der Waals surface area contributed by atoms with Crippen molar-refractivity contribution in [2.24, 2.45) is 0 Å². The average Bonchev–Trinajstić information content (AvgIpc) is 2.24. The Bertz CT molecular complexity index is 401. The fraction of sp³-hybridized carbons (Fsp3) is 0.462. The SMILES string of the molecule is Cc1ccc(F)c(OC2CCCC(=O)C2)c1. The van der Waals surface area contributed by atoms with Crippen molar-refractivity contribution in [3.63, 3.8) is 0 Å². The second kappa shape index (κ2) is 4.64. The van der Waals surface area contributed by atoms with E-state index >= 15 is 0 Å². The normalized spacial score (nSPS) is 20.9. The standard InChI is InChI=1S/C13H15FO2/c1-9-5-6-12(14)13(7-9)16-11-4-2-3-10(15)8-11/h5-7,11H,2-4,8H2,1H3. The maximum atomic E-state index is 13.4. The summed E-state index contributed by atoms with van der Waals surface area (Å²) in [6.07, 6.45) is 2.57. The van der Waals surface area contributed by atoms with Gasteiger partial charge < -0.3 is 4.74 Å². The number of hydrogen-bond donors (Lipinski definition) is 0. The van der Waals surface area contributed by atoms with Crippen LogP contribution in [0.15, 0.2) is 18.2 Å². The van der Waals surface area contributed by atoms with Crippen LogP contribution in [0.1, 0.15) is 31.2 Å². The molecule has 1 saturated carbocycles. The number of benzene rings is 1. The number of ether oxygens (including phenoxy) is 1. The minimum absolute atomic E-state index is 0.155. The summed E-state index contributed by atoms with van der Waals surface area (Å²) in [7, 11) is 0. The molecular weight excluding hydrogens is 207 g/mol. The molecule has 3 heteroatoms. The molecule has 0 amide bonds. The Hall–Kier alpha value is -1.38. The number of carbonyl (C=O) groups excluding carboxylic acids is 1. The Morgan fingerprint density at radius 2 is 2.25 bits per heavy atom. The minimum Gasteiger partial charge on any atom is -0.487 e. The van der Waals surface area contributed by atoms with Crippen LogP contribution < -0.4 is 4.74 Å². The quantitative estimate of drug-likeness (QED) is 0.768. The van der Waals surface area contributed by atoms with Crippen molar-refractivity contribution in [2.75, 3.05) is 0 Å². The third-order valence-electron chi connectivity index (χ3n) is 2.82. The van der Waals surface area contributed by atoms with Crippen molar-refractivity contribution in [1.82, 2.24) is 0 Å². The molecule has 1 aliphatic rings. The largest absolute Gasteiger partial charge is 0.487 e. The van der Waals surface area contributed by atoms with E-state index in [1.807, 2.05) is 6.92 Å². The molecule has 0 aromatic heterocycles. The number of hydrogen-bond acceptors (Lipinski definition) is 2. The van der Waals surface area contributed by atoms with Crippen molar-refractivity contribution in [2.45, 2.75) is 38.7 Å². The zero-order valence-corrected chi connectivity index (χ0v) is 9.33. The Balaban J connectivity index is 2.08. The van der Waals surface area contributed by atoms with Gasteiger partial charge in [-0.25, -0.2) is 4.39 Å². The lowest BCUT2D eigenvalue weighted by atomic mass is 9.96. The molecule has 16 heavy (non-hydrogen) atoms. The molecule has 0 radical (unpaired) electrons. The van der Waals surface area contributed by atoms with E-state index in [0.717, 1.165) is 18.4 Å². The van der Waals surface area contributed by atoms with Crippen molar-refractivity contribution < 1.29 is 13.9 Å². The topological polar surface area (TPSA) is 26.3 Å². The van der Waals surface area contributed by atoms with Crippen LogP contribution in [0.25, 0.3) is 0 Å². The number of rotatable bonds is 2. The number of halogens is 1. The smallest absolute Gasteiger partial charge is 0.165 e. The molecule has 0 aliphatic heterocycles. The zero-order chi connectivity index (χ0) is 11.5. The highest BCUT2D eigenvalue weighted by Crippen LogP contribution is 2.24. The van der Waals surface area contributed by atoms with Crippen LogP contribution in [-0.2, 0) is 4.79 Å². The van der Waals surface area contributed by atoms with Crippen molar-refractivity contribution in [1.29, 1.82) is 0 Å². The van der Waals surface area contributed by atoms with Crippen LogP contribution in [0.2, 0.25) is 0 Å². The summed E-state index contributed by atoms with van der Waals surface area (Å²) in [4.78, 5) is 11.2. The third-order valence-corrected chi connectivity index (χ3v) is 2.82. The Labute approximate surface area is 94.4 Å². The van der Waals surface area contributed by atoms with Crippen LogP contribution in [0.3, 0.4) is 0 Å². The number of Topliss-reactive ketones (excluding diaryl/α,β-unsaturated/α-hetero) is 1. The molecule has 0 saturated heterocycles. The maximum Gasteiger partial charge on any atom is 0.165 e. The van der Waals surface area contributed by atoms with Gasteiger partial charge in [-0.15, -0.1) is 0 Å². The lowest BCUT2D eigenvalue weighted by Crippen LogP contribution is -2.25. The van der Waals surface area contributed by atoms with E-state index in [9.17, 15) is 9.18 Å². The Kier molecular flexibility index (Phi) is 3.22. The molecule has 86 valence electrons. The average molecular weight is 222 g/mol. The van der Waals surface area contributed by atoms with Gasteiger partial charge in [-0.3, -0.25) is 4.79 Å². The van der Waals surface area contributed by atoms with Gasteiger partial charge in [0, 0.05) is 12.8 Å². The Morgan fingerprint density at radius 3 is 3.00 bits per heavy atom. The highest BCUT2D eigenvalue weighted by atomic mass is 19.1. The van der Waals surface area contributed by atoms with Crippen LogP contribution in [0.5, 0.6) is 5.75 Å². The van der Waals surface area contributed by atoms with Gasteiger partial charge >= 0.3 is 0 Å². The first-order valence-electron chi connectivity index (χ1n) is 5.59. The Morgan fingerprint density at radius 1 is 1.44 bits per heavy atom. The molecule has 1 atom stereocenters. The maximum absolute atomic E-state index is 13.4. The van der Waals surface area contributed by atoms with Gasteiger partial charge in [0.2, 0.25) is 0 Å². The summed E-state index contributed by atoms with van der Waals surface area (Å²) in [5.41, 5.74) is 0.957. The summed E-state index contributed by atoms with van der Waals surface area (Å²) in [5.74, 6) is 0.118. The van der Waals surface area contributed by atoms with E-state index < -0.39 is 0 Å². The second-order valence-electron chi connectivity index (χ2n) is 4.31. The van der Waals surface area contributed by atoms with Gasteiger partial charge in [0.05, 0.1) is 0 Å². The van der Waals surface area contributed by atoms with Crippen molar-refractivity contribution >= 4 is 5.78 Å². The van der Waals surface area contributed by atoms with E-state index in [1.165, 1.54) is 6.07 Å². The molecule has 2 rings (SSSR count). The van der Waals surface area contributed by atoms with Crippen LogP contribution in [0, 0.1) is 12.7 Å². The summed E-state index contributed by atoms with van der Waals surface area (Å²) < 4.78 is 19.0. The first-order valence-corrected chi connectivity index (χ1v) is 5.59. The van der Waals surface area contributed by atoms with Crippen LogP contribution >= 0.6 is 0 Å². The predicted molar refractivity (Wildman–Crippen MR) is 59.0 cm³/mol. The lowest BCUT2D eigenvalue weighted by Gasteiger charge is -2.22. The molecule has 1 fully saturated rings. The van der Waals surface area contributed by atoms with Crippen molar-refractivity contribution in [3.8, 4) is 5.75 Å². The minimum atomic E-state index is -0.358. The van der Waals surface area contributed by atoms with E-state index in [2.05, 4.69) is 0 Å². The monoisotopic (exact) mass is 222 g/mol. The van der Waals surface area contributed by atoms with E-state index in [0.29, 0.717) is 12.8 Å². The third kappa shape index (κ3) is 2.60. The molecular formula is C13H15FO2.